The second-order valence-corrected chi connectivity index (χ2v) is 4.69. The number of carbonyl (C=O) groups is 1. The predicted molar refractivity (Wildman–Crippen MR) is 80.4 cm³/mol. The van der Waals surface area contributed by atoms with Crippen LogP contribution >= 0.6 is 0 Å². The molecule has 2 rings (SSSR count). The summed E-state index contributed by atoms with van der Waals surface area (Å²) in [5.74, 6) is 1.08. The Labute approximate surface area is 123 Å². The van der Waals surface area contributed by atoms with Crippen LogP contribution in [0.1, 0.15) is 16.8 Å². The van der Waals surface area contributed by atoms with E-state index in [2.05, 4.69) is 20.6 Å². The van der Waals surface area contributed by atoms with E-state index in [0.717, 1.165) is 16.8 Å². The number of hydrogen-bond acceptors (Lipinski definition) is 4. The Balaban J connectivity index is 1.89. The average Bonchev–Trinajstić information content (AvgIpc) is 2.44. The number of aromatic nitrogens is 2. The minimum atomic E-state index is -0.302. The third kappa shape index (κ3) is 4.45. The van der Waals surface area contributed by atoms with Crippen molar-refractivity contribution in [2.45, 2.75) is 20.4 Å². The highest BCUT2D eigenvalue weighted by Gasteiger charge is 2.04. The van der Waals surface area contributed by atoms with Crippen LogP contribution in [0.3, 0.4) is 0 Å². The molecule has 6 nitrogen and oxygen atoms in total. The SMILES string of the molecule is COc1ccc(CNC(=O)Nc2cc(C)cc(C)n2)cn1. The van der Waals surface area contributed by atoms with Crippen LogP contribution in [0.4, 0.5) is 10.6 Å². The molecule has 0 saturated carbocycles. The van der Waals surface area contributed by atoms with Crippen LogP contribution in [-0.2, 0) is 6.54 Å². The van der Waals surface area contributed by atoms with Crippen LogP contribution in [0.25, 0.3) is 0 Å². The van der Waals surface area contributed by atoms with Gasteiger partial charge < -0.3 is 10.1 Å². The fourth-order valence-corrected chi connectivity index (χ4v) is 1.88. The minimum Gasteiger partial charge on any atom is -0.481 e. The lowest BCUT2D eigenvalue weighted by molar-refractivity contribution is 0.251. The van der Waals surface area contributed by atoms with Gasteiger partial charge in [-0.2, -0.15) is 0 Å². The number of carbonyl (C=O) groups excluding carboxylic acids is 1. The summed E-state index contributed by atoms with van der Waals surface area (Å²) in [5, 5.41) is 5.46. The molecule has 0 atom stereocenters. The van der Waals surface area contributed by atoms with Crippen molar-refractivity contribution in [2.24, 2.45) is 0 Å². The molecule has 0 aliphatic rings. The van der Waals surface area contributed by atoms with Crippen LogP contribution in [0.15, 0.2) is 30.5 Å². The van der Waals surface area contributed by atoms with Crippen molar-refractivity contribution < 1.29 is 9.53 Å². The summed E-state index contributed by atoms with van der Waals surface area (Å²) in [6.45, 7) is 4.23. The molecule has 2 aromatic heterocycles. The van der Waals surface area contributed by atoms with E-state index in [1.165, 1.54) is 0 Å². The van der Waals surface area contributed by atoms with Gasteiger partial charge in [0.15, 0.2) is 0 Å². The predicted octanol–water partition coefficient (Wildman–Crippen LogP) is 2.42. The number of nitrogens with one attached hydrogen (secondary N) is 2. The molecule has 0 unspecified atom stereocenters. The molecule has 2 N–H and O–H groups in total. The quantitative estimate of drug-likeness (QED) is 0.905. The molecule has 0 fully saturated rings. The van der Waals surface area contributed by atoms with Gasteiger partial charge in [-0.15, -0.1) is 0 Å². The van der Waals surface area contributed by atoms with Gasteiger partial charge in [-0.05, 0) is 37.1 Å². The number of ether oxygens (including phenoxy) is 1. The van der Waals surface area contributed by atoms with Gasteiger partial charge in [-0.1, -0.05) is 6.07 Å². The van der Waals surface area contributed by atoms with E-state index < -0.39 is 0 Å². The topological polar surface area (TPSA) is 76.1 Å². The average molecular weight is 286 g/mol. The van der Waals surface area contributed by atoms with E-state index in [1.54, 1.807) is 19.4 Å². The molecule has 0 radical (unpaired) electrons. The van der Waals surface area contributed by atoms with Crippen LogP contribution < -0.4 is 15.4 Å². The van der Waals surface area contributed by atoms with Crippen molar-refractivity contribution in [3.05, 3.63) is 47.3 Å². The first-order valence-electron chi connectivity index (χ1n) is 6.56. The largest absolute Gasteiger partial charge is 0.481 e. The number of nitrogens with zero attached hydrogens (tertiary/aromatic N) is 2. The molecule has 6 heteroatoms. The van der Waals surface area contributed by atoms with E-state index in [0.29, 0.717) is 18.2 Å². The van der Waals surface area contributed by atoms with Crippen LogP contribution in [0.5, 0.6) is 5.88 Å². The summed E-state index contributed by atoms with van der Waals surface area (Å²) in [6, 6.07) is 7.07. The van der Waals surface area contributed by atoms with Gasteiger partial charge in [-0.3, -0.25) is 5.32 Å². The fraction of sp³-hybridized carbons (Fsp3) is 0.267. The van der Waals surface area contributed by atoms with Gasteiger partial charge in [0.2, 0.25) is 5.88 Å². The molecular weight excluding hydrogens is 268 g/mol. The summed E-state index contributed by atoms with van der Waals surface area (Å²) in [5.41, 5.74) is 2.81. The van der Waals surface area contributed by atoms with Gasteiger partial charge in [0.05, 0.1) is 7.11 Å². The highest BCUT2D eigenvalue weighted by Crippen LogP contribution is 2.09. The second-order valence-electron chi connectivity index (χ2n) is 4.69. The van der Waals surface area contributed by atoms with Gasteiger partial charge in [0, 0.05) is 24.5 Å². The van der Waals surface area contributed by atoms with Gasteiger partial charge >= 0.3 is 6.03 Å². The van der Waals surface area contributed by atoms with Crippen LogP contribution in [0.2, 0.25) is 0 Å². The Hall–Kier alpha value is -2.63. The van der Waals surface area contributed by atoms with Crippen molar-refractivity contribution in [1.82, 2.24) is 15.3 Å². The monoisotopic (exact) mass is 286 g/mol. The molecule has 0 spiro atoms. The zero-order valence-corrected chi connectivity index (χ0v) is 12.3. The first-order chi connectivity index (χ1) is 10.1. The van der Waals surface area contributed by atoms with Crippen molar-refractivity contribution in [3.8, 4) is 5.88 Å². The van der Waals surface area contributed by atoms with Crippen molar-refractivity contribution >= 4 is 11.8 Å². The zero-order valence-electron chi connectivity index (χ0n) is 12.3. The molecule has 0 aliphatic heterocycles. The summed E-state index contributed by atoms with van der Waals surface area (Å²) in [7, 11) is 1.56. The highest BCUT2D eigenvalue weighted by atomic mass is 16.5. The Morgan fingerprint density at radius 1 is 1.29 bits per heavy atom. The summed E-state index contributed by atoms with van der Waals surface area (Å²) >= 11 is 0. The number of methoxy groups -OCH3 is 1. The first kappa shape index (κ1) is 14.8. The molecule has 2 heterocycles. The lowest BCUT2D eigenvalue weighted by Crippen LogP contribution is -2.28. The Bertz CT molecular complexity index is 606. The number of urea groups is 1. The molecule has 110 valence electrons. The first-order valence-corrected chi connectivity index (χ1v) is 6.56. The second kappa shape index (κ2) is 6.69. The van der Waals surface area contributed by atoms with Crippen LogP contribution in [0, 0.1) is 13.8 Å². The summed E-state index contributed by atoms with van der Waals surface area (Å²) < 4.78 is 4.98. The molecule has 0 bridgehead atoms. The van der Waals surface area contributed by atoms with Gasteiger partial charge in [0.25, 0.3) is 0 Å². The standard InChI is InChI=1S/C15H18N4O2/c1-10-6-11(2)18-13(7-10)19-15(20)17-9-12-4-5-14(21-3)16-8-12/h4-8H,9H2,1-3H3,(H2,17,18,19,20). The summed E-state index contributed by atoms with van der Waals surface area (Å²) in [6.07, 6.45) is 1.66. The molecular formula is C15H18N4O2. The number of hydrogen-bond donors (Lipinski definition) is 2. The molecule has 0 aliphatic carbocycles. The number of aryl methyl sites for hydroxylation is 2. The maximum Gasteiger partial charge on any atom is 0.320 e. The molecule has 2 aromatic rings. The fourth-order valence-electron chi connectivity index (χ4n) is 1.88. The van der Waals surface area contributed by atoms with Crippen molar-refractivity contribution in [3.63, 3.8) is 0 Å². The van der Waals surface area contributed by atoms with E-state index in [9.17, 15) is 4.79 Å². The minimum absolute atomic E-state index is 0.302. The third-order valence-electron chi connectivity index (χ3n) is 2.80. The Kier molecular flexibility index (Phi) is 4.71. The molecule has 0 saturated heterocycles. The molecule has 2 amide bonds. The van der Waals surface area contributed by atoms with E-state index in [1.807, 2.05) is 32.0 Å². The van der Waals surface area contributed by atoms with Crippen molar-refractivity contribution in [2.75, 3.05) is 12.4 Å². The van der Waals surface area contributed by atoms with Crippen molar-refractivity contribution in [1.29, 1.82) is 0 Å². The van der Waals surface area contributed by atoms with Gasteiger partial charge in [-0.25, -0.2) is 14.8 Å². The normalized spacial score (nSPS) is 10.0. The lowest BCUT2D eigenvalue weighted by Gasteiger charge is -2.08. The number of rotatable bonds is 4. The lowest BCUT2D eigenvalue weighted by atomic mass is 10.2. The number of amides is 2. The van der Waals surface area contributed by atoms with E-state index >= 15 is 0 Å². The maximum absolute atomic E-state index is 11.8. The molecule has 21 heavy (non-hydrogen) atoms. The third-order valence-corrected chi connectivity index (χ3v) is 2.80. The van der Waals surface area contributed by atoms with Crippen LogP contribution in [-0.4, -0.2) is 23.1 Å². The number of pyridine rings is 2. The smallest absolute Gasteiger partial charge is 0.320 e. The van der Waals surface area contributed by atoms with Gasteiger partial charge in [0.1, 0.15) is 5.82 Å². The Morgan fingerprint density at radius 2 is 2.10 bits per heavy atom. The molecule has 0 aromatic carbocycles. The highest BCUT2D eigenvalue weighted by molar-refractivity contribution is 5.88. The van der Waals surface area contributed by atoms with E-state index in [-0.39, 0.29) is 6.03 Å². The Morgan fingerprint density at radius 3 is 2.71 bits per heavy atom. The summed E-state index contributed by atoms with van der Waals surface area (Å²) in [4.78, 5) is 20.2. The maximum atomic E-state index is 11.8. The zero-order chi connectivity index (χ0) is 15.2. The van der Waals surface area contributed by atoms with E-state index in [4.69, 9.17) is 4.74 Å². The number of anilines is 1.